The van der Waals surface area contributed by atoms with Gasteiger partial charge in [0.25, 0.3) is 0 Å². The highest BCUT2D eigenvalue weighted by atomic mass is 28.4. The largest absolute Gasteiger partial charge is 0.494 e. The molecule has 4 heteroatoms. The van der Waals surface area contributed by atoms with Gasteiger partial charge in [-0.05, 0) is 24.2 Å². The van der Waals surface area contributed by atoms with Crippen LogP contribution in [-0.2, 0) is 8.85 Å². The van der Waals surface area contributed by atoms with Gasteiger partial charge in [0.2, 0.25) is 0 Å². The summed E-state index contributed by atoms with van der Waals surface area (Å²) in [6.07, 6.45) is 1.81. The molecule has 0 spiro atoms. The molecule has 0 bridgehead atoms. The second kappa shape index (κ2) is 6.59. The van der Waals surface area contributed by atoms with Crippen LogP contribution < -0.4 is 4.74 Å². The molecule has 0 radical (unpaired) electrons. The molecule has 0 fully saturated rings. The molecule has 1 aromatic rings. The summed E-state index contributed by atoms with van der Waals surface area (Å²) in [6.45, 7) is 6.34. The molecule has 1 aromatic carbocycles. The van der Waals surface area contributed by atoms with Crippen molar-refractivity contribution in [1.82, 2.24) is 0 Å². The van der Waals surface area contributed by atoms with Crippen molar-refractivity contribution in [3.8, 4) is 5.75 Å². The van der Waals surface area contributed by atoms with E-state index in [2.05, 4.69) is 6.58 Å². The molecule has 0 unspecified atom stereocenters. The Hall–Kier alpha value is -1.10. The number of benzene rings is 1. The Bertz CT molecular complexity index is 344. The first kappa shape index (κ1) is 14.0. The van der Waals surface area contributed by atoms with Crippen molar-refractivity contribution in [2.24, 2.45) is 0 Å². The third-order valence-corrected chi connectivity index (χ3v) is 5.64. The van der Waals surface area contributed by atoms with Crippen molar-refractivity contribution in [2.45, 2.75) is 12.6 Å². The van der Waals surface area contributed by atoms with E-state index in [1.807, 2.05) is 36.9 Å². The molecular weight excluding hydrogens is 232 g/mol. The average Bonchev–Trinajstić information content (AvgIpc) is 2.39. The smallest absolute Gasteiger partial charge is 0.337 e. The molecule has 0 aliphatic heterocycles. The first-order chi connectivity index (χ1) is 8.13. The Kier molecular flexibility index (Phi) is 5.41. The molecule has 0 atom stereocenters. The number of hydrogen-bond donors (Lipinski definition) is 0. The molecule has 17 heavy (non-hydrogen) atoms. The zero-order valence-corrected chi connectivity index (χ0v) is 11.7. The second-order valence-corrected chi connectivity index (χ2v) is 7.50. The van der Waals surface area contributed by atoms with E-state index in [4.69, 9.17) is 13.6 Å². The van der Waals surface area contributed by atoms with Crippen LogP contribution >= 0.6 is 0 Å². The van der Waals surface area contributed by atoms with Gasteiger partial charge in [0, 0.05) is 20.3 Å². The third-order valence-electron chi connectivity index (χ3n) is 2.80. The van der Waals surface area contributed by atoms with Crippen molar-refractivity contribution >= 4 is 14.6 Å². The highest BCUT2D eigenvalue weighted by Gasteiger charge is 2.28. The van der Waals surface area contributed by atoms with Gasteiger partial charge in [-0.25, -0.2) is 0 Å². The standard InChI is InChI=1S/C13H20O3Si/c1-5-12-6-8-13(9-7-12)16-10-11-17(4,14-2)15-3/h5-9H,1,10-11H2,2-4H3. The van der Waals surface area contributed by atoms with Gasteiger partial charge in [-0.15, -0.1) is 0 Å². The summed E-state index contributed by atoms with van der Waals surface area (Å²) in [6, 6.07) is 8.64. The lowest BCUT2D eigenvalue weighted by Crippen LogP contribution is -2.37. The highest BCUT2D eigenvalue weighted by Crippen LogP contribution is 2.16. The molecule has 0 heterocycles. The monoisotopic (exact) mass is 252 g/mol. The molecule has 0 amide bonds. The maximum absolute atomic E-state index is 5.65. The van der Waals surface area contributed by atoms with Crippen molar-refractivity contribution in [3.63, 3.8) is 0 Å². The third kappa shape index (κ3) is 4.34. The minimum Gasteiger partial charge on any atom is -0.494 e. The topological polar surface area (TPSA) is 27.7 Å². The highest BCUT2D eigenvalue weighted by molar-refractivity contribution is 6.65. The Balaban J connectivity index is 2.42. The van der Waals surface area contributed by atoms with E-state index < -0.39 is 8.56 Å². The average molecular weight is 252 g/mol. The summed E-state index contributed by atoms with van der Waals surface area (Å²) >= 11 is 0. The summed E-state index contributed by atoms with van der Waals surface area (Å²) in [5.74, 6) is 0.860. The quantitative estimate of drug-likeness (QED) is 0.698. The van der Waals surface area contributed by atoms with Crippen LogP contribution in [0.5, 0.6) is 5.75 Å². The number of ether oxygens (including phenoxy) is 1. The van der Waals surface area contributed by atoms with Crippen LogP contribution in [0.2, 0.25) is 12.6 Å². The van der Waals surface area contributed by atoms with E-state index >= 15 is 0 Å². The zero-order valence-electron chi connectivity index (χ0n) is 10.7. The van der Waals surface area contributed by atoms with Gasteiger partial charge in [0.1, 0.15) is 5.75 Å². The van der Waals surface area contributed by atoms with Gasteiger partial charge in [-0.1, -0.05) is 24.8 Å². The predicted octanol–water partition coefficient (Wildman–Crippen LogP) is 3.07. The SMILES string of the molecule is C=Cc1ccc(OCC[Si](C)(OC)OC)cc1. The van der Waals surface area contributed by atoms with Crippen molar-refractivity contribution in [1.29, 1.82) is 0 Å². The molecule has 94 valence electrons. The van der Waals surface area contributed by atoms with E-state index in [9.17, 15) is 0 Å². The zero-order chi connectivity index (χ0) is 12.7. The van der Waals surface area contributed by atoms with Gasteiger partial charge in [-0.2, -0.15) is 0 Å². The van der Waals surface area contributed by atoms with Crippen molar-refractivity contribution in [2.75, 3.05) is 20.8 Å². The van der Waals surface area contributed by atoms with Gasteiger partial charge in [0.05, 0.1) is 6.61 Å². The molecule has 0 aliphatic rings. The fourth-order valence-corrected chi connectivity index (χ4v) is 2.39. The van der Waals surface area contributed by atoms with Crippen LogP contribution in [0.1, 0.15) is 5.56 Å². The lowest BCUT2D eigenvalue weighted by atomic mass is 10.2. The first-order valence-corrected chi connectivity index (χ1v) is 8.11. The molecular formula is C13H20O3Si. The van der Waals surface area contributed by atoms with E-state index in [-0.39, 0.29) is 0 Å². The molecule has 1 rings (SSSR count). The Morgan fingerprint density at radius 3 is 2.24 bits per heavy atom. The minimum atomic E-state index is -2.01. The molecule has 0 aliphatic carbocycles. The maximum Gasteiger partial charge on any atom is 0.337 e. The van der Waals surface area contributed by atoms with E-state index in [0.29, 0.717) is 6.61 Å². The Labute approximate surface area is 104 Å². The minimum absolute atomic E-state index is 0.609. The van der Waals surface area contributed by atoms with Crippen LogP contribution in [0.15, 0.2) is 30.8 Å². The fraction of sp³-hybridized carbons (Fsp3) is 0.385. The summed E-state index contributed by atoms with van der Waals surface area (Å²) in [4.78, 5) is 0. The summed E-state index contributed by atoms with van der Waals surface area (Å²) < 4.78 is 16.4. The first-order valence-electron chi connectivity index (χ1n) is 5.59. The van der Waals surface area contributed by atoms with Crippen LogP contribution in [0.4, 0.5) is 0 Å². The van der Waals surface area contributed by atoms with Crippen LogP contribution in [0.25, 0.3) is 6.08 Å². The van der Waals surface area contributed by atoms with Crippen LogP contribution in [0, 0.1) is 0 Å². The van der Waals surface area contributed by atoms with E-state index in [0.717, 1.165) is 17.4 Å². The lowest BCUT2D eigenvalue weighted by molar-refractivity contribution is 0.234. The molecule has 3 nitrogen and oxygen atoms in total. The second-order valence-electron chi connectivity index (χ2n) is 3.91. The maximum atomic E-state index is 5.65. The normalized spacial score (nSPS) is 11.2. The van der Waals surface area contributed by atoms with Gasteiger partial charge in [-0.3, -0.25) is 0 Å². The van der Waals surface area contributed by atoms with E-state index in [1.54, 1.807) is 14.2 Å². The summed E-state index contributed by atoms with van der Waals surface area (Å²) in [5.41, 5.74) is 1.09. The lowest BCUT2D eigenvalue weighted by Gasteiger charge is -2.22. The summed E-state index contributed by atoms with van der Waals surface area (Å²) in [7, 11) is 1.37. The van der Waals surface area contributed by atoms with Gasteiger partial charge in [0.15, 0.2) is 0 Å². The van der Waals surface area contributed by atoms with Crippen molar-refractivity contribution < 1.29 is 13.6 Å². The van der Waals surface area contributed by atoms with Gasteiger partial charge >= 0.3 is 8.56 Å². The van der Waals surface area contributed by atoms with E-state index in [1.165, 1.54) is 0 Å². The molecule has 0 saturated heterocycles. The molecule has 0 saturated carbocycles. The number of rotatable bonds is 7. The Morgan fingerprint density at radius 2 is 1.76 bits per heavy atom. The van der Waals surface area contributed by atoms with Gasteiger partial charge < -0.3 is 13.6 Å². The fourth-order valence-electron chi connectivity index (χ4n) is 1.34. The molecule has 0 aromatic heterocycles. The van der Waals surface area contributed by atoms with Crippen LogP contribution in [-0.4, -0.2) is 29.4 Å². The van der Waals surface area contributed by atoms with Crippen molar-refractivity contribution in [3.05, 3.63) is 36.4 Å². The summed E-state index contributed by atoms with van der Waals surface area (Å²) in [5, 5.41) is 0. The number of hydrogen-bond acceptors (Lipinski definition) is 3. The predicted molar refractivity (Wildman–Crippen MR) is 72.5 cm³/mol. The molecule has 0 N–H and O–H groups in total. The Morgan fingerprint density at radius 1 is 1.18 bits per heavy atom. The van der Waals surface area contributed by atoms with Crippen LogP contribution in [0.3, 0.4) is 0 Å².